The lowest BCUT2D eigenvalue weighted by Crippen LogP contribution is -2.40. The minimum Gasteiger partial charge on any atom is -0.394 e. The van der Waals surface area contributed by atoms with E-state index in [1.54, 1.807) is 4.90 Å². The zero-order valence-electron chi connectivity index (χ0n) is 9.62. The summed E-state index contributed by atoms with van der Waals surface area (Å²) < 4.78 is 0. The first-order valence-corrected chi connectivity index (χ1v) is 6.34. The Morgan fingerprint density at radius 2 is 2.12 bits per heavy atom. The molecule has 1 aliphatic heterocycles. The molecular weight excluding hydrogens is 234 g/mol. The van der Waals surface area contributed by atoms with Crippen LogP contribution in [-0.2, 0) is 11.2 Å². The van der Waals surface area contributed by atoms with Crippen molar-refractivity contribution < 1.29 is 9.90 Å². The molecule has 1 aromatic carbocycles. The first kappa shape index (κ1) is 12.5. The number of amides is 1. The van der Waals surface area contributed by atoms with Gasteiger partial charge >= 0.3 is 0 Å². The van der Waals surface area contributed by atoms with Crippen molar-refractivity contribution in [1.82, 2.24) is 4.90 Å². The number of likely N-dealkylation sites (tertiary alicyclic amines) is 1. The lowest BCUT2D eigenvalue weighted by molar-refractivity contribution is -0.130. The number of benzene rings is 1. The van der Waals surface area contributed by atoms with E-state index in [1.165, 1.54) is 0 Å². The van der Waals surface area contributed by atoms with Gasteiger partial charge < -0.3 is 10.0 Å². The van der Waals surface area contributed by atoms with Crippen molar-refractivity contribution in [2.24, 2.45) is 0 Å². The van der Waals surface area contributed by atoms with E-state index in [2.05, 4.69) is 12.6 Å². The Morgan fingerprint density at radius 3 is 2.65 bits per heavy atom. The van der Waals surface area contributed by atoms with E-state index in [0.29, 0.717) is 19.4 Å². The molecule has 0 saturated carbocycles. The standard InChI is InChI=1S/C13H17NO2S/c15-9-11(6-10-4-2-1-3-5-10)14-8-12(17)7-13(14)16/h1-5,11-12,15,17H,6-9H2/t11-,12?/m0/s1. The van der Waals surface area contributed by atoms with Crippen molar-refractivity contribution in [2.75, 3.05) is 13.2 Å². The fraction of sp³-hybridized carbons (Fsp3) is 0.462. The quantitative estimate of drug-likeness (QED) is 0.787. The number of thiol groups is 1. The second kappa shape index (κ2) is 5.56. The van der Waals surface area contributed by atoms with Gasteiger partial charge in [0.15, 0.2) is 0 Å². The highest BCUT2D eigenvalue weighted by Gasteiger charge is 2.32. The maximum Gasteiger partial charge on any atom is 0.224 e. The van der Waals surface area contributed by atoms with Crippen molar-refractivity contribution in [2.45, 2.75) is 24.1 Å². The molecule has 1 saturated heterocycles. The number of hydrogen-bond donors (Lipinski definition) is 2. The SMILES string of the molecule is O=C1CC(S)CN1[C@H](CO)Cc1ccccc1. The van der Waals surface area contributed by atoms with Gasteiger partial charge in [0.1, 0.15) is 0 Å². The highest BCUT2D eigenvalue weighted by molar-refractivity contribution is 7.81. The Bertz CT molecular complexity index is 382. The van der Waals surface area contributed by atoms with Crippen LogP contribution in [0.5, 0.6) is 0 Å². The lowest BCUT2D eigenvalue weighted by atomic mass is 10.1. The molecule has 92 valence electrons. The highest BCUT2D eigenvalue weighted by Crippen LogP contribution is 2.20. The molecule has 4 heteroatoms. The van der Waals surface area contributed by atoms with Crippen LogP contribution in [0.1, 0.15) is 12.0 Å². The van der Waals surface area contributed by atoms with Crippen LogP contribution in [0.15, 0.2) is 30.3 Å². The predicted molar refractivity (Wildman–Crippen MR) is 70.1 cm³/mol. The van der Waals surface area contributed by atoms with Crippen molar-refractivity contribution in [3.63, 3.8) is 0 Å². The Morgan fingerprint density at radius 1 is 1.41 bits per heavy atom. The molecule has 1 aromatic rings. The van der Waals surface area contributed by atoms with Crippen LogP contribution in [0.4, 0.5) is 0 Å². The summed E-state index contributed by atoms with van der Waals surface area (Å²) in [5.41, 5.74) is 1.14. The highest BCUT2D eigenvalue weighted by atomic mass is 32.1. The lowest BCUT2D eigenvalue weighted by Gasteiger charge is -2.26. The summed E-state index contributed by atoms with van der Waals surface area (Å²) in [6.45, 7) is 0.640. The molecule has 17 heavy (non-hydrogen) atoms. The van der Waals surface area contributed by atoms with Gasteiger partial charge in [-0.1, -0.05) is 30.3 Å². The number of nitrogens with zero attached hydrogens (tertiary/aromatic N) is 1. The summed E-state index contributed by atoms with van der Waals surface area (Å²) in [4.78, 5) is 13.5. The number of carbonyl (C=O) groups excluding carboxylic acids is 1. The first-order chi connectivity index (χ1) is 8.20. The van der Waals surface area contributed by atoms with Crippen LogP contribution < -0.4 is 0 Å². The molecular formula is C13H17NO2S. The third kappa shape index (κ3) is 3.01. The minimum absolute atomic E-state index is 0.00112. The molecule has 1 amide bonds. The minimum atomic E-state index is -0.123. The summed E-state index contributed by atoms with van der Waals surface area (Å²) in [6.07, 6.45) is 1.18. The van der Waals surface area contributed by atoms with Crippen molar-refractivity contribution in [1.29, 1.82) is 0 Å². The van der Waals surface area contributed by atoms with E-state index in [9.17, 15) is 9.90 Å². The van der Waals surface area contributed by atoms with Crippen LogP contribution in [0.3, 0.4) is 0 Å². The molecule has 2 atom stereocenters. The average Bonchev–Trinajstić information content (AvgIpc) is 2.67. The van der Waals surface area contributed by atoms with E-state index in [4.69, 9.17) is 0 Å². The van der Waals surface area contributed by atoms with Gasteiger partial charge in [0.05, 0.1) is 12.6 Å². The zero-order valence-corrected chi connectivity index (χ0v) is 10.5. The molecule has 1 fully saturated rings. The number of aliphatic hydroxyl groups is 1. The van der Waals surface area contributed by atoms with Crippen LogP contribution >= 0.6 is 12.6 Å². The molecule has 0 aromatic heterocycles. The molecule has 1 aliphatic rings. The largest absolute Gasteiger partial charge is 0.394 e. The van der Waals surface area contributed by atoms with Gasteiger partial charge in [0.25, 0.3) is 0 Å². The van der Waals surface area contributed by atoms with Gasteiger partial charge in [-0.25, -0.2) is 0 Å². The average molecular weight is 251 g/mol. The number of carbonyl (C=O) groups is 1. The van der Waals surface area contributed by atoms with Crippen LogP contribution in [0.2, 0.25) is 0 Å². The second-order valence-corrected chi connectivity index (χ2v) is 5.16. The molecule has 0 aliphatic carbocycles. The number of aliphatic hydroxyl groups excluding tert-OH is 1. The molecule has 0 radical (unpaired) electrons. The number of rotatable bonds is 4. The van der Waals surface area contributed by atoms with E-state index in [0.717, 1.165) is 5.56 Å². The maximum absolute atomic E-state index is 11.7. The van der Waals surface area contributed by atoms with Crippen LogP contribution in [0, 0.1) is 0 Å². The third-order valence-corrected chi connectivity index (χ3v) is 3.45. The Labute approximate surface area is 107 Å². The summed E-state index contributed by atoms with van der Waals surface area (Å²) in [5, 5.41) is 9.54. The molecule has 0 spiro atoms. The number of hydrogen-bond acceptors (Lipinski definition) is 3. The van der Waals surface area contributed by atoms with Crippen molar-refractivity contribution in [3.05, 3.63) is 35.9 Å². The van der Waals surface area contributed by atoms with Gasteiger partial charge in [-0.05, 0) is 12.0 Å². The van der Waals surface area contributed by atoms with E-state index in [1.807, 2.05) is 30.3 Å². The van der Waals surface area contributed by atoms with Crippen molar-refractivity contribution in [3.8, 4) is 0 Å². The predicted octanol–water partition coefficient (Wildman–Crippen LogP) is 1.12. The van der Waals surface area contributed by atoms with Gasteiger partial charge in [-0.3, -0.25) is 4.79 Å². The Kier molecular flexibility index (Phi) is 4.07. The van der Waals surface area contributed by atoms with Gasteiger partial charge in [-0.15, -0.1) is 0 Å². The first-order valence-electron chi connectivity index (χ1n) is 5.83. The molecule has 1 heterocycles. The topological polar surface area (TPSA) is 40.5 Å². The van der Waals surface area contributed by atoms with E-state index in [-0.39, 0.29) is 23.8 Å². The van der Waals surface area contributed by atoms with Crippen molar-refractivity contribution >= 4 is 18.5 Å². The van der Waals surface area contributed by atoms with Gasteiger partial charge in [-0.2, -0.15) is 12.6 Å². The normalized spacial score (nSPS) is 21.9. The van der Waals surface area contributed by atoms with Gasteiger partial charge in [0.2, 0.25) is 5.91 Å². The summed E-state index contributed by atoms with van der Waals surface area (Å²) in [7, 11) is 0. The maximum atomic E-state index is 11.7. The third-order valence-electron chi connectivity index (χ3n) is 3.10. The smallest absolute Gasteiger partial charge is 0.224 e. The fourth-order valence-corrected chi connectivity index (χ4v) is 2.56. The fourth-order valence-electron chi connectivity index (χ4n) is 2.22. The molecule has 2 rings (SSSR count). The Balaban J connectivity index is 2.04. The van der Waals surface area contributed by atoms with Crippen LogP contribution in [-0.4, -0.2) is 40.4 Å². The van der Waals surface area contributed by atoms with Gasteiger partial charge in [0, 0.05) is 18.2 Å². The Hall–Kier alpha value is -1.00. The monoisotopic (exact) mass is 251 g/mol. The summed E-state index contributed by atoms with van der Waals surface area (Å²) in [5.74, 6) is 0.0972. The van der Waals surface area contributed by atoms with Crippen LogP contribution in [0.25, 0.3) is 0 Å². The summed E-state index contributed by atoms with van der Waals surface area (Å²) in [6, 6.07) is 9.81. The van der Waals surface area contributed by atoms with E-state index >= 15 is 0 Å². The van der Waals surface area contributed by atoms with E-state index < -0.39 is 0 Å². The molecule has 0 bridgehead atoms. The molecule has 1 N–H and O–H groups in total. The molecule has 3 nitrogen and oxygen atoms in total. The second-order valence-electron chi connectivity index (χ2n) is 4.43. The zero-order chi connectivity index (χ0) is 12.3. The molecule has 1 unspecified atom stereocenters. The summed E-state index contributed by atoms with van der Waals surface area (Å²) >= 11 is 4.33.